The molecule has 18 heavy (non-hydrogen) atoms. The lowest BCUT2D eigenvalue weighted by atomic mass is 10.1. The average molecular weight is 302 g/mol. The first-order valence-corrected chi connectivity index (χ1v) is 6.21. The van der Waals surface area contributed by atoms with Crippen molar-refractivity contribution in [3.05, 3.63) is 52.0 Å². The van der Waals surface area contributed by atoms with E-state index in [1.54, 1.807) is 12.1 Å². The van der Waals surface area contributed by atoms with Crippen LogP contribution in [0.3, 0.4) is 0 Å². The molecule has 0 atom stereocenters. The van der Waals surface area contributed by atoms with E-state index in [0.717, 1.165) is 21.4 Å². The van der Waals surface area contributed by atoms with Gasteiger partial charge in [-0.1, -0.05) is 15.9 Å². The molecular weight excluding hydrogens is 290 g/mol. The third kappa shape index (κ3) is 2.82. The summed E-state index contributed by atoms with van der Waals surface area (Å²) in [4.78, 5) is 0. The van der Waals surface area contributed by atoms with E-state index in [1.165, 1.54) is 0 Å². The van der Waals surface area contributed by atoms with Crippen LogP contribution in [0, 0.1) is 18.3 Å². The van der Waals surface area contributed by atoms with Crippen LogP contribution < -0.4 is 11.1 Å². The van der Waals surface area contributed by atoms with Crippen molar-refractivity contribution < 1.29 is 0 Å². The predicted octanol–water partition coefficient (Wildman–Crippen LogP) is 3.96. The Kier molecular flexibility index (Phi) is 3.54. The quantitative estimate of drug-likeness (QED) is 0.826. The van der Waals surface area contributed by atoms with Gasteiger partial charge in [0.2, 0.25) is 0 Å². The fourth-order valence-electron chi connectivity index (χ4n) is 1.73. The van der Waals surface area contributed by atoms with Gasteiger partial charge in [0, 0.05) is 15.8 Å². The van der Waals surface area contributed by atoms with Crippen molar-refractivity contribution in [2.45, 2.75) is 6.92 Å². The number of nitriles is 1. The molecule has 0 aliphatic carbocycles. The molecule has 0 amide bonds. The van der Waals surface area contributed by atoms with Crippen LogP contribution in [0.5, 0.6) is 0 Å². The molecule has 0 saturated heterocycles. The van der Waals surface area contributed by atoms with Crippen LogP contribution in [0.4, 0.5) is 17.1 Å². The lowest BCUT2D eigenvalue weighted by Gasteiger charge is -2.10. The maximum Gasteiger partial charge on any atom is 0.101 e. The summed E-state index contributed by atoms with van der Waals surface area (Å²) < 4.78 is 0.999. The van der Waals surface area contributed by atoms with Crippen molar-refractivity contribution in [2.24, 2.45) is 0 Å². The number of nitrogens with zero attached hydrogens (tertiary/aromatic N) is 1. The Labute approximate surface area is 114 Å². The molecule has 0 heterocycles. The highest BCUT2D eigenvalue weighted by Gasteiger charge is 2.04. The number of benzene rings is 2. The van der Waals surface area contributed by atoms with Gasteiger partial charge in [0.25, 0.3) is 0 Å². The van der Waals surface area contributed by atoms with Gasteiger partial charge in [-0.05, 0) is 48.9 Å². The SMILES string of the molecule is Cc1cc(Br)cc(Nc2ccc(N)cc2C#N)c1. The highest BCUT2D eigenvalue weighted by atomic mass is 79.9. The molecule has 2 aromatic carbocycles. The Morgan fingerprint density at radius 1 is 1.22 bits per heavy atom. The van der Waals surface area contributed by atoms with E-state index in [-0.39, 0.29) is 0 Å². The molecule has 0 fully saturated rings. The predicted molar refractivity (Wildman–Crippen MR) is 77.7 cm³/mol. The number of anilines is 3. The first-order chi connectivity index (χ1) is 8.58. The number of hydrogen-bond donors (Lipinski definition) is 2. The van der Waals surface area contributed by atoms with Gasteiger partial charge in [-0.3, -0.25) is 0 Å². The highest BCUT2D eigenvalue weighted by Crippen LogP contribution is 2.25. The van der Waals surface area contributed by atoms with Gasteiger partial charge in [0.15, 0.2) is 0 Å². The number of halogens is 1. The largest absolute Gasteiger partial charge is 0.399 e. The monoisotopic (exact) mass is 301 g/mol. The van der Waals surface area contributed by atoms with Gasteiger partial charge >= 0.3 is 0 Å². The first kappa shape index (κ1) is 12.5. The number of hydrogen-bond acceptors (Lipinski definition) is 3. The lowest BCUT2D eigenvalue weighted by molar-refractivity contribution is 1.42. The van der Waals surface area contributed by atoms with Crippen molar-refractivity contribution in [2.75, 3.05) is 11.1 Å². The summed E-state index contributed by atoms with van der Waals surface area (Å²) in [6.07, 6.45) is 0. The van der Waals surface area contributed by atoms with Crippen LogP contribution in [-0.4, -0.2) is 0 Å². The lowest BCUT2D eigenvalue weighted by Crippen LogP contribution is -1.96. The average Bonchev–Trinajstić information content (AvgIpc) is 2.30. The van der Waals surface area contributed by atoms with Crippen LogP contribution in [-0.2, 0) is 0 Å². The van der Waals surface area contributed by atoms with Gasteiger partial charge in [-0.2, -0.15) is 5.26 Å². The zero-order valence-corrected chi connectivity index (χ0v) is 11.5. The summed E-state index contributed by atoms with van der Waals surface area (Å²) >= 11 is 3.45. The first-order valence-electron chi connectivity index (χ1n) is 5.42. The molecule has 4 heteroatoms. The number of aryl methyl sites for hydroxylation is 1. The van der Waals surface area contributed by atoms with E-state index >= 15 is 0 Å². The molecule has 2 aromatic rings. The van der Waals surface area contributed by atoms with E-state index in [0.29, 0.717) is 11.3 Å². The van der Waals surface area contributed by atoms with Crippen LogP contribution in [0.1, 0.15) is 11.1 Å². The summed E-state index contributed by atoms with van der Waals surface area (Å²) in [5.41, 5.74) is 9.61. The molecule has 0 unspecified atom stereocenters. The topological polar surface area (TPSA) is 61.8 Å². The maximum atomic E-state index is 9.08. The number of rotatable bonds is 2. The Bertz CT molecular complexity index is 609. The molecule has 0 aromatic heterocycles. The van der Waals surface area contributed by atoms with E-state index in [1.807, 2.05) is 31.2 Å². The van der Waals surface area contributed by atoms with Crippen molar-refractivity contribution >= 4 is 33.0 Å². The van der Waals surface area contributed by atoms with E-state index in [4.69, 9.17) is 11.0 Å². The molecule has 0 aliphatic rings. The molecule has 3 nitrogen and oxygen atoms in total. The second kappa shape index (κ2) is 5.11. The Hall–Kier alpha value is -1.99. The smallest absolute Gasteiger partial charge is 0.101 e. The van der Waals surface area contributed by atoms with E-state index in [2.05, 4.69) is 27.3 Å². The minimum atomic E-state index is 0.535. The molecule has 0 bridgehead atoms. The van der Waals surface area contributed by atoms with Gasteiger partial charge in [0.1, 0.15) is 6.07 Å². The Balaban J connectivity index is 2.37. The van der Waals surface area contributed by atoms with Crippen molar-refractivity contribution in [1.29, 1.82) is 5.26 Å². The van der Waals surface area contributed by atoms with Gasteiger partial charge in [0.05, 0.1) is 11.3 Å². The molecular formula is C14H12BrN3. The zero-order chi connectivity index (χ0) is 13.1. The molecule has 3 N–H and O–H groups in total. The third-order valence-corrected chi connectivity index (χ3v) is 2.94. The van der Waals surface area contributed by atoms with Crippen LogP contribution in [0.25, 0.3) is 0 Å². The van der Waals surface area contributed by atoms with Gasteiger partial charge < -0.3 is 11.1 Å². The molecule has 90 valence electrons. The molecule has 0 aliphatic heterocycles. The van der Waals surface area contributed by atoms with Gasteiger partial charge in [-0.15, -0.1) is 0 Å². The fraction of sp³-hybridized carbons (Fsp3) is 0.0714. The number of nitrogen functional groups attached to an aromatic ring is 1. The van der Waals surface area contributed by atoms with E-state index < -0.39 is 0 Å². The van der Waals surface area contributed by atoms with Gasteiger partial charge in [-0.25, -0.2) is 0 Å². The summed E-state index contributed by atoms with van der Waals surface area (Å²) in [5, 5.41) is 12.3. The van der Waals surface area contributed by atoms with Crippen molar-refractivity contribution in [3.63, 3.8) is 0 Å². The molecule has 0 radical (unpaired) electrons. The third-order valence-electron chi connectivity index (χ3n) is 2.49. The zero-order valence-electron chi connectivity index (χ0n) is 9.87. The van der Waals surface area contributed by atoms with Crippen molar-refractivity contribution in [3.8, 4) is 6.07 Å². The summed E-state index contributed by atoms with van der Waals surface area (Å²) in [6.45, 7) is 2.02. The van der Waals surface area contributed by atoms with Crippen molar-refractivity contribution in [1.82, 2.24) is 0 Å². The fourth-order valence-corrected chi connectivity index (χ4v) is 2.34. The van der Waals surface area contributed by atoms with Crippen LogP contribution in [0.2, 0.25) is 0 Å². The normalized spacial score (nSPS) is 9.83. The summed E-state index contributed by atoms with van der Waals surface area (Å²) in [6, 6.07) is 13.4. The summed E-state index contributed by atoms with van der Waals surface area (Å²) in [7, 11) is 0. The second-order valence-electron chi connectivity index (χ2n) is 4.06. The molecule has 2 rings (SSSR count). The maximum absolute atomic E-state index is 9.08. The standard InChI is InChI=1S/C14H12BrN3/c1-9-4-11(15)7-13(5-9)18-14-3-2-12(17)6-10(14)8-16/h2-7,18H,17H2,1H3. The molecule has 0 spiro atoms. The molecule has 0 saturated carbocycles. The Morgan fingerprint density at radius 3 is 2.67 bits per heavy atom. The number of nitrogens with one attached hydrogen (secondary N) is 1. The number of nitrogens with two attached hydrogens (primary N) is 1. The minimum absolute atomic E-state index is 0.535. The second-order valence-corrected chi connectivity index (χ2v) is 4.97. The summed E-state index contributed by atoms with van der Waals surface area (Å²) in [5.74, 6) is 0. The van der Waals surface area contributed by atoms with Crippen LogP contribution in [0.15, 0.2) is 40.9 Å². The Morgan fingerprint density at radius 2 is 2.00 bits per heavy atom. The highest BCUT2D eigenvalue weighted by molar-refractivity contribution is 9.10. The minimum Gasteiger partial charge on any atom is -0.399 e. The van der Waals surface area contributed by atoms with E-state index in [9.17, 15) is 0 Å². The van der Waals surface area contributed by atoms with Crippen LogP contribution >= 0.6 is 15.9 Å².